The van der Waals surface area contributed by atoms with Crippen molar-refractivity contribution in [2.45, 2.75) is 33.7 Å². The van der Waals surface area contributed by atoms with Gasteiger partial charge in [-0.3, -0.25) is 4.57 Å². The molecule has 0 atom stereocenters. The van der Waals surface area contributed by atoms with E-state index in [0.29, 0.717) is 23.9 Å². The molecule has 172 valence electrons. The van der Waals surface area contributed by atoms with Crippen molar-refractivity contribution >= 4 is 23.9 Å². The number of ether oxygens (including phenoxy) is 2. The average molecular weight is 460 g/mol. The van der Waals surface area contributed by atoms with Crippen LogP contribution < -0.4 is 20.1 Å². The summed E-state index contributed by atoms with van der Waals surface area (Å²) < 4.78 is 12.7. The molecule has 2 N–H and O–H groups in total. The number of aromatic nitrogens is 2. The highest BCUT2D eigenvalue weighted by molar-refractivity contribution is 5.85. The minimum absolute atomic E-state index is 0. The molecule has 0 saturated heterocycles. The van der Waals surface area contributed by atoms with Crippen LogP contribution in [0.25, 0.3) is 11.3 Å². The third kappa shape index (κ3) is 4.18. The molecular weight excluding hydrogens is 430 g/mol. The summed E-state index contributed by atoms with van der Waals surface area (Å²) in [5, 5.41) is 0. The first-order chi connectivity index (χ1) is 14.3. The fourth-order valence-electron chi connectivity index (χ4n) is 4.52. The van der Waals surface area contributed by atoms with Crippen LogP contribution in [0.3, 0.4) is 0 Å². The van der Waals surface area contributed by atoms with Crippen LogP contribution >= 0.6 is 12.4 Å². The highest BCUT2D eigenvalue weighted by Gasteiger charge is 2.23. The number of aryl methyl sites for hydroxylation is 4. The lowest BCUT2D eigenvalue weighted by atomic mass is 9.96. The zero-order valence-electron chi connectivity index (χ0n) is 19.3. The van der Waals surface area contributed by atoms with Crippen molar-refractivity contribution in [1.82, 2.24) is 9.55 Å². The Kier molecular flexibility index (Phi) is 7.59. The van der Waals surface area contributed by atoms with Crippen LogP contribution in [0.5, 0.6) is 11.5 Å². The van der Waals surface area contributed by atoms with Gasteiger partial charge in [0.2, 0.25) is 0 Å². The third-order valence-electron chi connectivity index (χ3n) is 5.80. The minimum atomic E-state index is -0.239. The van der Waals surface area contributed by atoms with Gasteiger partial charge in [0.25, 0.3) is 0 Å². The van der Waals surface area contributed by atoms with E-state index in [1.807, 2.05) is 30.1 Å². The van der Waals surface area contributed by atoms with Crippen molar-refractivity contribution in [3.63, 3.8) is 0 Å². The minimum Gasteiger partial charge on any atom is -0.493 e. The number of methoxy groups -OCH3 is 2. The van der Waals surface area contributed by atoms with Crippen molar-refractivity contribution < 1.29 is 14.9 Å². The largest absolute Gasteiger partial charge is 0.493 e. The maximum Gasteiger partial charge on any atom is 0.350 e. The van der Waals surface area contributed by atoms with Gasteiger partial charge in [0, 0.05) is 30.9 Å². The predicted octanol–water partition coefficient (Wildman–Crippen LogP) is 3.77. The van der Waals surface area contributed by atoms with Gasteiger partial charge < -0.3 is 19.8 Å². The van der Waals surface area contributed by atoms with Crippen LogP contribution in [-0.2, 0) is 13.0 Å². The Bertz CT molecular complexity index is 1180. The van der Waals surface area contributed by atoms with Crippen LogP contribution in [0.1, 0.15) is 22.3 Å². The van der Waals surface area contributed by atoms with E-state index in [9.17, 15) is 4.79 Å². The van der Waals surface area contributed by atoms with E-state index in [0.717, 1.165) is 40.1 Å². The maximum absolute atomic E-state index is 12.9. The molecule has 1 aromatic heterocycles. The molecule has 0 fully saturated rings. The number of hydrogen-bond donors (Lipinski definition) is 0. The summed E-state index contributed by atoms with van der Waals surface area (Å²) in [6, 6.07) is 10.2. The molecule has 4 rings (SSSR count). The van der Waals surface area contributed by atoms with Gasteiger partial charge in [-0.15, -0.1) is 12.4 Å². The lowest BCUT2D eigenvalue weighted by Gasteiger charge is -2.27. The number of nitrogens with zero attached hydrogens (tertiary/aromatic N) is 3. The van der Waals surface area contributed by atoms with Gasteiger partial charge in [0.05, 0.1) is 19.9 Å². The van der Waals surface area contributed by atoms with Gasteiger partial charge >= 0.3 is 5.69 Å². The van der Waals surface area contributed by atoms with Crippen LogP contribution in [-0.4, -0.2) is 36.3 Å². The van der Waals surface area contributed by atoms with E-state index in [-0.39, 0.29) is 23.6 Å². The van der Waals surface area contributed by atoms with Crippen molar-refractivity contribution in [3.05, 3.63) is 63.1 Å². The Morgan fingerprint density at radius 2 is 1.56 bits per heavy atom. The van der Waals surface area contributed by atoms with Crippen LogP contribution in [0.2, 0.25) is 0 Å². The molecule has 3 aromatic rings. The molecule has 2 aromatic carbocycles. The van der Waals surface area contributed by atoms with Crippen molar-refractivity contribution in [2.75, 3.05) is 26.2 Å². The van der Waals surface area contributed by atoms with Gasteiger partial charge in [0.1, 0.15) is 5.82 Å². The number of rotatable bonds is 4. The van der Waals surface area contributed by atoms with Crippen LogP contribution in [0, 0.1) is 20.8 Å². The average Bonchev–Trinajstić information content (AvgIpc) is 2.71. The standard InChI is InChI=1S/C24H27N3O3.ClH.H2O/c1-14-9-15(2)23(16(3)10-14)26(4)22-13-19-18-12-21(30-6)20(29-5)11-17(18)7-8-27(19)24(28)25-22;;/h9-13H,7-8H2,1-6H3;1H;1H2. The number of hydrogen-bond acceptors (Lipinski definition) is 5. The SMILES string of the molecule is COc1cc2c(cc1OC)-c1cc(N(C)c3c(C)cc(C)cc3C)nc(=O)n1CC2.Cl.O. The summed E-state index contributed by atoms with van der Waals surface area (Å²) >= 11 is 0. The molecule has 2 heterocycles. The van der Waals surface area contributed by atoms with E-state index < -0.39 is 0 Å². The van der Waals surface area contributed by atoms with Gasteiger partial charge in [-0.05, 0) is 56.0 Å². The second-order valence-electron chi connectivity index (χ2n) is 7.85. The van der Waals surface area contributed by atoms with E-state index in [1.165, 1.54) is 5.56 Å². The molecular formula is C24H30ClN3O4. The zero-order valence-corrected chi connectivity index (χ0v) is 20.1. The molecule has 0 spiro atoms. The molecule has 0 unspecified atom stereocenters. The predicted molar refractivity (Wildman–Crippen MR) is 130 cm³/mol. The highest BCUT2D eigenvalue weighted by atomic mass is 35.5. The third-order valence-corrected chi connectivity index (χ3v) is 5.80. The topological polar surface area (TPSA) is 88.1 Å². The lowest BCUT2D eigenvalue weighted by Crippen LogP contribution is -2.30. The summed E-state index contributed by atoms with van der Waals surface area (Å²) in [4.78, 5) is 19.3. The quantitative estimate of drug-likeness (QED) is 0.592. The molecule has 8 heteroatoms. The van der Waals surface area contributed by atoms with Gasteiger partial charge in [-0.2, -0.15) is 4.98 Å². The second kappa shape index (κ2) is 9.63. The molecule has 1 aliphatic rings. The summed E-state index contributed by atoms with van der Waals surface area (Å²) in [5.41, 5.74) is 7.32. The van der Waals surface area contributed by atoms with Gasteiger partial charge in [-0.1, -0.05) is 17.7 Å². The maximum atomic E-state index is 12.9. The summed E-state index contributed by atoms with van der Waals surface area (Å²) in [7, 11) is 5.21. The van der Waals surface area contributed by atoms with E-state index >= 15 is 0 Å². The first-order valence-corrected chi connectivity index (χ1v) is 10.0. The van der Waals surface area contributed by atoms with E-state index in [1.54, 1.807) is 18.8 Å². The normalized spacial score (nSPS) is 11.4. The van der Waals surface area contributed by atoms with Gasteiger partial charge in [0.15, 0.2) is 11.5 Å². The summed E-state index contributed by atoms with van der Waals surface area (Å²) in [6.45, 7) is 6.86. The Hall–Kier alpha value is -3.03. The van der Waals surface area contributed by atoms with Crippen LogP contribution in [0.4, 0.5) is 11.5 Å². The highest BCUT2D eigenvalue weighted by Crippen LogP contribution is 2.39. The van der Waals surface area contributed by atoms with Crippen molar-refractivity contribution in [3.8, 4) is 22.8 Å². The monoisotopic (exact) mass is 459 g/mol. The fraction of sp³-hybridized carbons (Fsp3) is 0.333. The molecule has 1 aliphatic heterocycles. The van der Waals surface area contributed by atoms with Crippen LogP contribution in [0.15, 0.2) is 35.1 Å². The van der Waals surface area contributed by atoms with E-state index in [2.05, 4.69) is 37.9 Å². The Morgan fingerprint density at radius 1 is 0.969 bits per heavy atom. The summed E-state index contributed by atoms with van der Waals surface area (Å²) in [6.07, 6.45) is 0.746. The number of anilines is 2. The van der Waals surface area contributed by atoms with Crippen molar-refractivity contribution in [1.29, 1.82) is 0 Å². The number of halogens is 1. The first kappa shape index (κ1) is 25.2. The van der Waals surface area contributed by atoms with Gasteiger partial charge in [-0.25, -0.2) is 4.79 Å². The van der Waals surface area contributed by atoms with E-state index in [4.69, 9.17) is 9.47 Å². The molecule has 0 aliphatic carbocycles. The number of fused-ring (bicyclic) bond motifs is 3. The molecule has 7 nitrogen and oxygen atoms in total. The molecule has 0 radical (unpaired) electrons. The molecule has 0 saturated carbocycles. The molecule has 0 bridgehead atoms. The zero-order chi connectivity index (χ0) is 21.6. The molecule has 0 amide bonds. The fourth-order valence-corrected chi connectivity index (χ4v) is 4.52. The van der Waals surface area contributed by atoms with Crippen molar-refractivity contribution in [2.24, 2.45) is 0 Å². The second-order valence-corrected chi connectivity index (χ2v) is 7.85. The number of benzene rings is 2. The Morgan fingerprint density at radius 3 is 2.16 bits per heavy atom. The molecule has 32 heavy (non-hydrogen) atoms. The first-order valence-electron chi connectivity index (χ1n) is 10.0. The summed E-state index contributed by atoms with van der Waals surface area (Å²) in [5.74, 6) is 1.97. The smallest absolute Gasteiger partial charge is 0.350 e. The Balaban J connectivity index is 0.00000181. The Labute approximate surface area is 194 Å². The lowest BCUT2D eigenvalue weighted by molar-refractivity contribution is 0.354.